The first-order chi connectivity index (χ1) is 9.61. The molecule has 2 N–H and O–H groups in total. The van der Waals surface area contributed by atoms with E-state index in [1.807, 2.05) is 13.8 Å². The molecule has 1 rings (SSSR count). The van der Waals surface area contributed by atoms with Crippen molar-refractivity contribution in [1.82, 2.24) is 15.0 Å². The lowest BCUT2D eigenvalue weighted by Crippen LogP contribution is -2.13. The summed E-state index contributed by atoms with van der Waals surface area (Å²) in [6.45, 7) is 5.81. The molecule has 0 aliphatic heterocycles. The Balaban J connectivity index is 2.30. The van der Waals surface area contributed by atoms with Gasteiger partial charge in [0.2, 0.25) is 5.95 Å². The highest BCUT2D eigenvalue weighted by Crippen LogP contribution is 2.11. The van der Waals surface area contributed by atoms with Gasteiger partial charge in [0.15, 0.2) is 0 Å². The highest BCUT2D eigenvalue weighted by molar-refractivity contribution is 5.20. The molecule has 1 aromatic heterocycles. The molecule has 0 spiro atoms. The van der Waals surface area contributed by atoms with Gasteiger partial charge < -0.3 is 24.7 Å². The second kappa shape index (κ2) is 9.27. The van der Waals surface area contributed by atoms with E-state index in [9.17, 15) is 0 Å². The van der Waals surface area contributed by atoms with E-state index < -0.39 is 0 Å². The van der Waals surface area contributed by atoms with E-state index in [0.717, 1.165) is 6.42 Å². The van der Waals surface area contributed by atoms with Crippen LogP contribution < -0.4 is 15.2 Å². The zero-order valence-corrected chi connectivity index (χ0v) is 12.2. The highest BCUT2D eigenvalue weighted by atomic mass is 16.5. The maximum atomic E-state index is 5.55. The number of methoxy groups -OCH3 is 1. The second-order valence-electron chi connectivity index (χ2n) is 4.23. The molecule has 0 amide bonds. The second-order valence-corrected chi connectivity index (χ2v) is 4.23. The van der Waals surface area contributed by atoms with Crippen LogP contribution in [0.25, 0.3) is 0 Å². The Bertz CT molecular complexity index is 390. The summed E-state index contributed by atoms with van der Waals surface area (Å²) < 4.78 is 20.9. The van der Waals surface area contributed by atoms with Crippen LogP contribution in [0, 0.1) is 0 Å². The van der Waals surface area contributed by atoms with Crippen LogP contribution in [0.2, 0.25) is 0 Å². The third kappa shape index (κ3) is 7.05. The minimum absolute atomic E-state index is 0.0474. The lowest BCUT2D eigenvalue weighted by molar-refractivity contribution is 0.0778. The predicted molar refractivity (Wildman–Crippen MR) is 72.8 cm³/mol. The smallest absolute Gasteiger partial charge is 0.324 e. The van der Waals surface area contributed by atoms with E-state index in [4.69, 9.17) is 24.7 Å². The van der Waals surface area contributed by atoms with Gasteiger partial charge in [-0.25, -0.2) is 0 Å². The van der Waals surface area contributed by atoms with Crippen LogP contribution in [0.3, 0.4) is 0 Å². The number of nitrogens with zero attached hydrogens (tertiary/aromatic N) is 3. The summed E-state index contributed by atoms with van der Waals surface area (Å²) in [6.07, 6.45) is 0.801. The topological polar surface area (TPSA) is 102 Å². The minimum atomic E-state index is -0.0474. The van der Waals surface area contributed by atoms with E-state index in [-0.39, 0.29) is 24.1 Å². The van der Waals surface area contributed by atoms with Crippen LogP contribution in [-0.2, 0) is 9.47 Å². The fourth-order valence-electron chi connectivity index (χ4n) is 1.28. The van der Waals surface area contributed by atoms with Gasteiger partial charge in [0.1, 0.15) is 6.61 Å². The number of nitrogen functional groups attached to an aromatic ring is 1. The molecule has 0 bridgehead atoms. The molecule has 1 heterocycles. The zero-order chi connectivity index (χ0) is 14.8. The van der Waals surface area contributed by atoms with Crippen molar-refractivity contribution in [2.45, 2.75) is 26.4 Å². The molecule has 0 unspecified atom stereocenters. The van der Waals surface area contributed by atoms with Crippen molar-refractivity contribution in [2.24, 2.45) is 0 Å². The molecule has 0 saturated carbocycles. The van der Waals surface area contributed by atoms with Crippen LogP contribution in [0.5, 0.6) is 12.0 Å². The first-order valence-electron chi connectivity index (χ1n) is 6.49. The number of hydrogen-bond acceptors (Lipinski definition) is 8. The van der Waals surface area contributed by atoms with Crippen LogP contribution in [0.15, 0.2) is 0 Å². The van der Waals surface area contributed by atoms with Crippen molar-refractivity contribution in [1.29, 1.82) is 0 Å². The third-order valence-electron chi connectivity index (χ3n) is 2.05. The number of ether oxygens (including phenoxy) is 4. The largest absolute Gasteiger partial charge is 0.461 e. The fourth-order valence-corrected chi connectivity index (χ4v) is 1.28. The summed E-state index contributed by atoms with van der Waals surface area (Å²) in [4.78, 5) is 11.7. The zero-order valence-electron chi connectivity index (χ0n) is 12.2. The van der Waals surface area contributed by atoms with Crippen molar-refractivity contribution in [2.75, 3.05) is 39.3 Å². The summed E-state index contributed by atoms with van der Waals surface area (Å²) in [6, 6.07) is 0.289. The third-order valence-corrected chi connectivity index (χ3v) is 2.05. The van der Waals surface area contributed by atoms with Gasteiger partial charge in [0, 0.05) is 20.3 Å². The molecule has 0 fully saturated rings. The van der Waals surface area contributed by atoms with Gasteiger partial charge in [-0.2, -0.15) is 9.97 Å². The molecule has 0 saturated heterocycles. The molecular weight excluding hydrogens is 264 g/mol. The Labute approximate surface area is 118 Å². The van der Waals surface area contributed by atoms with Crippen LogP contribution in [0.1, 0.15) is 20.3 Å². The molecule has 114 valence electrons. The van der Waals surface area contributed by atoms with Gasteiger partial charge >= 0.3 is 12.0 Å². The van der Waals surface area contributed by atoms with Crippen LogP contribution in [-0.4, -0.2) is 54.6 Å². The molecule has 0 aliphatic rings. The summed E-state index contributed by atoms with van der Waals surface area (Å²) >= 11 is 0. The van der Waals surface area contributed by atoms with E-state index in [1.165, 1.54) is 0 Å². The molecule has 0 aromatic carbocycles. The van der Waals surface area contributed by atoms with Crippen LogP contribution >= 0.6 is 0 Å². The van der Waals surface area contributed by atoms with E-state index in [2.05, 4.69) is 15.0 Å². The van der Waals surface area contributed by atoms with Gasteiger partial charge in [-0.1, -0.05) is 0 Å². The first-order valence-corrected chi connectivity index (χ1v) is 6.49. The average Bonchev–Trinajstić information content (AvgIpc) is 2.36. The van der Waals surface area contributed by atoms with E-state index >= 15 is 0 Å². The maximum Gasteiger partial charge on any atom is 0.324 e. The Morgan fingerprint density at radius 1 is 1.00 bits per heavy atom. The Kier molecular flexibility index (Phi) is 7.59. The van der Waals surface area contributed by atoms with Gasteiger partial charge in [-0.15, -0.1) is 4.98 Å². The summed E-state index contributed by atoms with van der Waals surface area (Å²) in [7, 11) is 1.66. The summed E-state index contributed by atoms with van der Waals surface area (Å²) in [5, 5.41) is 0. The number of nitrogens with two attached hydrogens (primary N) is 1. The first kappa shape index (κ1) is 16.4. The monoisotopic (exact) mass is 286 g/mol. The van der Waals surface area contributed by atoms with Gasteiger partial charge in [-0.05, 0) is 20.3 Å². The molecule has 0 atom stereocenters. The molecule has 8 nitrogen and oxygen atoms in total. The maximum absolute atomic E-state index is 5.55. The normalized spacial score (nSPS) is 10.8. The van der Waals surface area contributed by atoms with E-state index in [1.54, 1.807) is 7.11 Å². The summed E-state index contributed by atoms with van der Waals surface area (Å²) in [5.41, 5.74) is 5.55. The van der Waals surface area contributed by atoms with Crippen molar-refractivity contribution >= 4 is 5.95 Å². The quantitative estimate of drug-likeness (QED) is 0.626. The number of anilines is 1. The Morgan fingerprint density at radius 3 is 2.45 bits per heavy atom. The van der Waals surface area contributed by atoms with Crippen molar-refractivity contribution in [3.63, 3.8) is 0 Å². The van der Waals surface area contributed by atoms with Gasteiger partial charge in [0.05, 0.1) is 12.7 Å². The molecule has 20 heavy (non-hydrogen) atoms. The number of aromatic nitrogens is 3. The molecule has 0 aliphatic carbocycles. The average molecular weight is 286 g/mol. The Morgan fingerprint density at radius 2 is 1.75 bits per heavy atom. The van der Waals surface area contributed by atoms with Gasteiger partial charge in [-0.3, -0.25) is 0 Å². The van der Waals surface area contributed by atoms with E-state index in [0.29, 0.717) is 26.4 Å². The fraction of sp³-hybridized carbons (Fsp3) is 0.750. The minimum Gasteiger partial charge on any atom is -0.461 e. The standard InChI is InChI=1S/C12H22N4O4/c1-9(2)20-12-15-10(13)14-11(16-12)19-8-7-18-6-4-5-17-3/h9H,4-8H2,1-3H3,(H2,13,14,15,16). The number of hydrogen-bond donors (Lipinski definition) is 1. The molecule has 1 aromatic rings. The molecular formula is C12H22N4O4. The highest BCUT2D eigenvalue weighted by Gasteiger charge is 2.08. The molecule has 0 radical (unpaired) electrons. The van der Waals surface area contributed by atoms with Crippen molar-refractivity contribution in [3.8, 4) is 12.0 Å². The molecule has 8 heteroatoms. The lowest BCUT2D eigenvalue weighted by Gasteiger charge is -2.09. The summed E-state index contributed by atoms with van der Waals surface area (Å²) in [5.74, 6) is 0.0617. The van der Waals surface area contributed by atoms with Crippen molar-refractivity contribution < 1.29 is 18.9 Å². The predicted octanol–water partition coefficient (Wildman–Crippen LogP) is 0.673. The van der Waals surface area contributed by atoms with Gasteiger partial charge in [0.25, 0.3) is 0 Å². The Hall–Kier alpha value is -1.67. The lowest BCUT2D eigenvalue weighted by atomic mass is 10.5. The number of rotatable bonds is 10. The van der Waals surface area contributed by atoms with Crippen LogP contribution in [0.4, 0.5) is 5.95 Å². The SMILES string of the molecule is COCCCOCCOc1nc(N)nc(OC(C)C)n1. The van der Waals surface area contributed by atoms with Crippen molar-refractivity contribution in [3.05, 3.63) is 0 Å².